The second-order valence-corrected chi connectivity index (χ2v) is 5.81. The first kappa shape index (κ1) is 13.0. The van der Waals surface area contributed by atoms with Crippen LogP contribution in [0.4, 0.5) is 0 Å². The van der Waals surface area contributed by atoms with Crippen molar-refractivity contribution in [3.8, 4) is 0 Å². The Balaban J connectivity index is 1.79. The third kappa shape index (κ3) is 3.29. The highest BCUT2D eigenvalue weighted by Crippen LogP contribution is 2.36. The molecule has 0 radical (unpaired) electrons. The number of rotatable bonds is 5. The van der Waals surface area contributed by atoms with Crippen LogP contribution in [0.5, 0.6) is 0 Å². The van der Waals surface area contributed by atoms with E-state index in [0.717, 1.165) is 32.5 Å². The van der Waals surface area contributed by atoms with Gasteiger partial charge >= 0.3 is 0 Å². The first-order valence-corrected chi connectivity index (χ1v) is 7.19. The summed E-state index contributed by atoms with van der Waals surface area (Å²) in [5.74, 6) is 0. The smallest absolute Gasteiger partial charge is 0.127 e. The van der Waals surface area contributed by atoms with E-state index in [-0.39, 0.29) is 5.41 Å². The van der Waals surface area contributed by atoms with Gasteiger partial charge in [0.15, 0.2) is 0 Å². The predicted molar refractivity (Wildman–Crippen MR) is 70.1 cm³/mol. The van der Waals surface area contributed by atoms with Crippen molar-refractivity contribution in [2.75, 3.05) is 39.3 Å². The molecule has 0 aromatic carbocycles. The first-order valence-electron chi connectivity index (χ1n) is 7.19. The van der Waals surface area contributed by atoms with E-state index in [9.17, 15) is 4.79 Å². The Morgan fingerprint density at radius 1 is 1.06 bits per heavy atom. The number of nitrogens with zero attached hydrogens (tertiary/aromatic N) is 2. The van der Waals surface area contributed by atoms with Gasteiger partial charge in [0.2, 0.25) is 0 Å². The molecule has 3 nitrogen and oxygen atoms in total. The van der Waals surface area contributed by atoms with Crippen LogP contribution in [0, 0.1) is 5.41 Å². The van der Waals surface area contributed by atoms with E-state index >= 15 is 0 Å². The quantitative estimate of drug-likeness (QED) is 0.682. The summed E-state index contributed by atoms with van der Waals surface area (Å²) in [6.07, 6.45) is 7.22. The summed E-state index contributed by atoms with van der Waals surface area (Å²) in [6.45, 7) is 9.14. The highest BCUT2D eigenvalue weighted by molar-refractivity contribution is 5.60. The van der Waals surface area contributed by atoms with Gasteiger partial charge in [-0.1, -0.05) is 19.8 Å². The highest BCUT2D eigenvalue weighted by atomic mass is 16.1. The molecule has 0 bridgehead atoms. The van der Waals surface area contributed by atoms with Crippen molar-refractivity contribution in [2.24, 2.45) is 5.41 Å². The lowest BCUT2D eigenvalue weighted by Gasteiger charge is -2.38. The van der Waals surface area contributed by atoms with Crippen LogP contribution in [0.1, 0.15) is 39.0 Å². The Bertz CT molecular complexity index is 241. The van der Waals surface area contributed by atoms with E-state index in [1.54, 1.807) is 0 Å². The fourth-order valence-corrected chi connectivity index (χ4v) is 3.32. The Morgan fingerprint density at radius 2 is 1.65 bits per heavy atom. The molecule has 2 rings (SSSR count). The Morgan fingerprint density at radius 3 is 2.18 bits per heavy atom. The molecule has 0 aromatic heterocycles. The SMILES string of the molecule is CCCN1CCN(CC2(C=O)CCCC2)CC1. The Hall–Kier alpha value is -0.410. The van der Waals surface area contributed by atoms with Crippen LogP contribution in [0.2, 0.25) is 0 Å². The van der Waals surface area contributed by atoms with Gasteiger partial charge in [0.1, 0.15) is 6.29 Å². The monoisotopic (exact) mass is 238 g/mol. The predicted octanol–water partition coefficient (Wildman–Crippen LogP) is 1.77. The molecule has 1 heterocycles. The first-order chi connectivity index (χ1) is 8.28. The molecule has 0 unspecified atom stereocenters. The second-order valence-electron chi connectivity index (χ2n) is 5.81. The van der Waals surface area contributed by atoms with Gasteiger partial charge in [-0.15, -0.1) is 0 Å². The van der Waals surface area contributed by atoms with Crippen LogP contribution in [0.15, 0.2) is 0 Å². The fourth-order valence-electron chi connectivity index (χ4n) is 3.32. The molecule has 2 aliphatic rings. The number of hydrogen-bond donors (Lipinski definition) is 0. The normalized spacial score (nSPS) is 26.2. The molecule has 1 saturated heterocycles. The van der Waals surface area contributed by atoms with Crippen molar-refractivity contribution in [2.45, 2.75) is 39.0 Å². The summed E-state index contributed by atoms with van der Waals surface area (Å²) in [7, 11) is 0. The molecule has 3 heteroatoms. The second kappa shape index (κ2) is 5.96. The van der Waals surface area contributed by atoms with E-state index in [0.29, 0.717) is 0 Å². The lowest BCUT2D eigenvalue weighted by Crippen LogP contribution is -2.49. The summed E-state index contributed by atoms with van der Waals surface area (Å²) in [5, 5.41) is 0. The van der Waals surface area contributed by atoms with Gasteiger partial charge in [-0.25, -0.2) is 0 Å². The number of hydrogen-bond acceptors (Lipinski definition) is 3. The molecule has 0 atom stereocenters. The van der Waals surface area contributed by atoms with Crippen LogP contribution >= 0.6 is 0 Å². The Labute approximate surface area is 105 Å². The molecule has 0 spiro atoms. The van der Waals surface area contributed by atoms with Crippen molar-refractivity contribution in [3.05, 3.63) is 0 Å². The molecule has 1 aliphatic heterocycles. The lowest BCUT2D eigenvalue weighted by molar-refractivity contribution is -0.117. The van der Waals surface area contributed by atoms with E-state index in [1.165, 1.54) is 45.2 Å². The number of piperazine rings is 1. The zero-order chi connectivity index (χ0) is 12.1. The summed E-state index contributed by atoms with van der Waals surface area (Å²) in [6, 6.07) is 0. The van der Waals surface area contributed by atoms with Crippen LogP contribution in [-0.4, -0.2) is 55.4 Å². The Kier molecular flexibility index (Phi) is 4.57. The number of carbonyl (C=O) groups excluding carboxylic acids is 1. The molecule has 1 aliphatic carbocycles. The zero-order valence-electron chi connectivity index (χ0n) is 11.2. The summed E-state index contributed by atoms with van der Waals surface area (Å²) >= 11 is 0. The van der Waals surface area contributed by atoms with Gasteiger partial charge in [0.25, 0.3) is 0 Å². The minimum Gasteiger partial charge on any atom is -0.303 e. The van der Waals surface area contributed by atoms with Crippen LogP contribution < -0.4 is 0 Å². The molecule has 0 aromatic rings. The number of aldehydes is 1. The van der Waals surface area contributed by atoms with E-state index in [2.05, 4.69) is 16.7 Å². The molecule has 0 N–H and O–H groups in total. The largest absolute Gasteiger partial charge is 0.303 e. The van der Waals surface area contributed by atoms with E-state index < -0.39 is 0 Å². The highest BCUT2D eigenvalue weighted by Gasteiger charge is 2.35. The maximum atomic E-state index is 11.3. The molecular weight excluding hydrogens is 212 g/mol. The fraction of sp³-hybridized carbons (Fsp3) is 0.929. The topological polar surface area (TPSA) is 23.6 Å². The van der Waals surface area contributed by atoms with Gasteiger partial charge in [-0.05, 0) is 25.8 Å². The van der Waals surface area contributed by atoms with Crippen molar-refractivity contribution in [1.82, 2.24) is 9.80 Å². The zero-order valence-corrected chi connectivity index (χ0v) is 11.2. The molecule has 17 heavy (non-hydrogen) atoms. The molecular formula is C14H26N2O. The molecule has 0 amide bonds. The minimum absolute atomic E-state index is 0.00687. The van der Waals surface area contributed by atoms with Crippen molar-refractivity contribution in [1.29, 1.82) is 0 Å². The van der Waals surface area contributed by atoms with Gasteiger partial charge in [0, 0.05) is 38.1 Å². The maximum absolute atomic E-state index is 11.3. The van der Waals surface area contributed by atoms with Gasteiger partial charge in [0.05, 0.1) is 0 Å². The van der Waals surface area contributed by atoms with Gasteiger partial charge in [-0.3, -0.25) is 4.90 Å². The summed E-state index contributed by atoms with van der Waals surface area (Å²) in [5.41, 5.74) is 0.00687. The number of carbonyl (C=O) groups is 1. The molecule has 2 fully saturated rings. The van der Waals surface area contributed by atoms with Gasteiger partial charge in [-0.2, -0.15) is 0 Å². The summed E-state index contributed by atoms with van der Waals surface area (Å²) in [4.78, 5) is 16.4. The van der Waals surface area contributed by atoms with Gasteiger partial charge < -0.3 is 9.69 Å². The van der Waals surface area contributed by atoms with Crippen LogP contribution in [0.25, 0.3) is 0 Å². The van der Waals surface area contributed by atoms with Crippen molar-refractivity contribution >= 4 is 6.29 Å². The lowest BCUT2D eigenvalue weighted by atomic mass is 9.87. The minimum atomic E-state index is 0.00687. The third-order valence-electron chi connectivity index (χ3n) is 4.39. The average Bonchev–Trinajstić information content (AvgIpc) is 2.81. The van der Waals surface area contributed by atoms with E-state index in [1.807, 2.05) is 0 Å². The molecule has 1 saturated carbocycles. The maximum Gasteiger partial charge on any atom is 0.127 e. The summed E-state index contributed by atoms with van der Waals surface area (Å²) < 4.78 is 0. The average molecular weight is 238 g/mol. The third-order valence-corrected chi connectivity index (χ3v) is 4.39. The van der Waals surface area contributed by atoms with E-state index in [4.69, 9.17) is 0 Å². The molecule has 98 valence electrons. The van der Waals surface area contributed by atoms with Crippen LogP contribution in [-0.2, 0) is 4.79 Å². The standard InChI is InChI=1S/C14H26N2O/c1-2-7-15-8-10-16(11-9-15)12-14(13-17)5-3-4-6-14/h13H,2-12H2,1H3. The van der Waals surface area contributed by atoms with Crippen LogP contribution in [0.3, 0.4) is 0 Å². The van der Waals surface area contributed by atoms with Crippen molar-refractivity contribution in [3.63, 3.8) is 0 Å². The van der Waals surface area contributed by atoms with Crippen molar-refractivity contribution < 1.29 is 4.79 Å².